The summed E-state index contributed by atoms with van der Waals surface area (Å²) in [6.07, 6.45) is 1.46. The Morgan fingerprint density at radius 1 is 1.03 bits per heavy atom. The molecule has 160 valence electrons. The van der Waals surface area contributed by atoms with E-state index in [0.717, 1.165) is 28.2 Å². The monoisotopic (exact) mass is 422 g/mol. The van der Waals surface area contributed by atoms with Gasteiger partial charge in [-0.15, -0.1) is 0 Å². The van der Waals surface area contributed by atoms with E-state index < -0.39 is 11.8 Å². The third-order valence-electron chi connectivity index (χ3n) is 4.73. The molecule has 0 aliphatic heterocycles. The number of methoxy groups -OCH3 is 1. The minimum absolute atomic E-state index is 0.308. The second kappa shape index (κ2) is 9.25. The van der Waals surface area contributed by atoms with E-state index in [1.165, 1.54) is 25.5 Å². The fraction of sp³-hybridized carbons (Fsp3) is 0.174. The van der Waals surface area contributed by atoms with Crippen LogP contribution in [0.3, 0.4) is 0 Å². The average molecular weight is 422 g/mol. The second-order valence-corrected chi connectivity index (χ2v) is 7.00. The highest BCUT2D eigenvalue weighted by Gasteiger charge is 2.16. The molecule has 3 aromatic rings. The highest BCUT2D eigenvalue weighted by Crippen LogP contribution is 2.25. The van der Waals surface area contributed by atoms with Crippen LogP contribution in [0.25, 0.3) is 5.69 Å². The molecule has 0 unspecified atom stereocenters. The van der Waals surface area contributed by atoms with Crippen molar-refractivity contribution in [2.45, 2.75) is 20.8 Å². The molecule has 1 aromatic heterocycles. The Kier molecular flexibility index (Phi) is 6.49. The van der Waals surface area contributed by atoms with Crippen molar-refractivity contribution in [3.63, 3.8) is 0 Å². The van der Waals surface area contributed by atoms with Crippen LogP contribution in [-0.2, 0) is 9.59 Å². The number of hydrogen-bond donors (Lipinski definition) is 2. The van der Waals surface area contributed by atoms with Crippen LogP contribution in [-0.4, -0.2) is 29.7 Å². The highest BCUT2D eigenvalue weighted by molar-refractivity contribution is 6.39. The Hall–Kier alpha value is -3.94. The van der Waals surface area contributed by atoms with Crippen LogP contribution in [0, 0.1) is 26.6 Å². The van der Waals surface area contributed by atoms with Gasteiger partial charge in [0.1, 0.15) is 11.6 Å². The molecule has 7 nitrogen and oxygen atoms in total. The van der Waals surface area contributed by atoms with Crippen molar-refractivity contribution in [1.82, 2.24) is 9.99 Å². The van der Waals surface area contributed by atoms with Gasteiger partial charge in [0.05, 0.1) is 19.0 Å². The van der Waals surface area contributed by atoms with Crippen LogP contribution in [0.15, 0.2) is 53.6 Å². The molecule has 0 saturated carbocycles. The number of hydrazone groups is 1. The molecule has 0 spiro atoms. The van der Waals surface area contributed by atoms with Gasteiger partial charge < -0.3 is 14.6 Å². The van der Waals surface area contributed by atoms with Gasteiger partial charge in [-0.2, -0.15) is 5.10 Å². The number of nitrogens with zero attached hydrogens (tertiary/aromatic N) is 2. The zero-order valence-corrected chi connectivity index (χ0v) is 17.7. The first-order valence-corrected chi connectivity index (χ1v) is 9.54. The zero-order chi connectivity index (χ0) is 22.5. The summed E-state index contributed by atoms with van der Waals surface area (Å²) in [7, 11) is 1.48. The fourth-order valence-corrected chi connectivity index (χ4v) is 3.22. The first-order valence-electron chi connectivity index (χ1n) is 9.54. The summed E-state index contributed by atoms with van der Waals surface area (Å²) < 4.78 is 20.3. The number of benzene rings is 2. The number of hydrogen-bond acceptors (Lipinski definition) is 4. The molecule has 0 atom stereocenters. The predicted octanol–water partition coefficient (Wildman–Crippen LogP) is 3.64. The van der Waals surface area contributed by atoms with E-state index in [4.69, 9.17) is 4.74 Å². The number of ether oxygens (including phenoxy) is 1. The van der Waals surface area contributed by atoms with E-state index in [1.807, 2.05) is 37.5 Å². The molecule has 0 aliphatic carbocycles. The largest absolute Gasteiger partial charge is 0.495 e. The number of amides is 2. The molecule has 0 bridgehead atoms. The molecule has 0 radical (unpaired) electrons. The molecule has 2 amide bonds. The lowest BCUT2D eigenvalue weighted by atomic mass is 10.2. The quantitative estimate of drug-likeness (QED) is 0.374. The standard InChI is InChI=1S/C23H23FN4O3/c1-14-5-10-21(31-4)20(11-14)26-22(29)23(30)27-25-13-17-12-15(2)28(16(17)3)19-8-6-18(24)7-9-19/h5-13H,1-4H3,(H,26,29)(H,27,30)/b25-13-. The van der Waals surface area contributed by atoms with Gasteiger partial charge in [-0.1, -0.05) is 6.07 Å². The summed E-state index contributed by atoms with van der Waals surface area (Å²) >= 11 is 0. The Balaban J connectivity index is 1.69. The van der Waals surface area contributed by atoms with Crippen molar-refractivity contribution >= 4 is 23.7 Å². The zero-order valence-electron chi connectivity index (χ0n) is 17.7. The maximum atomic E-state index is 13.2. The van der Waals surface area contributed by atoms with Gasteiger partial charge in [0.15, 0.2) is 0 Å². The van der Waals surface area contributed by atoms with E-state index >= 15 is 0 Å². The number of rotatable bonds is 5. The lowest BCUT2D eigenvalue weighted by Crippen LogP contribution is -2.32. The number of aromatic nitrogens is 1. The summed E-state index contributed by atoms with van der Waals surface area (Å²) in [5, 5.41) is 6.41. The number of aryl methyl sites for hydroxylation is 2. The molecule has 1 heterocycles. The van der Waals surface area contributed by atoms with Crippen LogP contribution in [0.1, 0.15) is 22.5 Å². The molecule has 0 saturated heterocycles. The van der Waals surface area contributed by atoms with Gasteiger partial charge in [0, 0.05) is 22.6 Å². The minimum atomic E-state index is -0.910. The molecule has 31 heavy (non-hydrogen) atoms. The van der Waals surface area contributed by atoms with Crippen molar-refractivity contribution in [2.24, 2.45) is 5.10 Å². The predicted molar refractivity (Wildman–Crippen MR) is 117 cm³/mol. The number of carbonyl (C=O) groups is 2. The Morgan fingerprint density at radius 2 is 1.74 bits per heavy atom. The van der Waals surface area contributed by atoms with Gasteiger partial charge in [-0.3, -0.25) is 9.59 Å². The van der Waals surface area contributed by atoms with E-state index in [1.54, 1.807) is 24.3 Å². The molecule has 2 aromatic carbocycles. The Labute approximate surface area is 179 Å². The molecule has 8 heteroatoms. The van der Waals surface area contributed by atoms with Gasteiger partial charge in [-0.05, 0) is 68.8 Å². The maximum absolute atomic E-state index is 13.2. The van der Waals surface area contributed by atoms with E-state index in [2.05, 4.69) is 15.8 Å². The molecule has 0 fully saturated rings. The minimum Gasteiger partial charge on any atom is -0.495 e. The van der Waals surface area contributed by atoms with Crippen molar-refractivity contribution in [3.8, 4) is 11.4 Å². The molecule has 3 rings (SSSR count). The Bertz CT molecular complexity index is 1150. The van der Waals surface area contributed by atoms with Crippen LogP contribution >= 0.6 is 0 Å². The normalized spacial score (nSPS) is 10.9. The lowest BCUT2D eigenvalue weighted by molar-refractivity contribution is -0.136. The third kappa shape index (κ3) is 4.98. The van der Waals surface area contributed by atoms with Crippen molar-refractivity contribution in [3.05, 3.63) is 76.9 Å². The number of carbonyl (C=O) groups excluding carboxylic acids is 2. The SMILES string of the molecule is COc1ccc(C)cc1NC(=O)C(=O)N/N=C\c1cc(C)n(-c2ccc(F)cc2)c1C. The van der Waals surface area contributed by atoms with Crippen LogP contribution in [0.2, 0.25) is 0 Å². The topological polar surface area (TPSA) is 84.7 Å². The highest BCUT2D eigenvalue weighted by atomic mass is 19.1. The first-order chi connectivity index (χ1) is 14.8. The molecule has 0 aliphatic rings. The summed E-state index contributed by atoms with van der Waals surface area (Å²) in [6.45, 7) is 5.66. The second-order valence-electron chi connectivity index (χ2n) is 7.00. The lowest BCUT2D eigenvalue weighted by Gasteiger charge is -2.10. The first kappa shape index (κ1) is 21.8. The van der Waals surface area contributed by atoms with Crippen molar-refractivity contribution in [1.29, 1.82) is 0 Å². The van der Waals surface area contributed by atoms with E-state index in [9.17, 15) is 14.0 Å². The molecular weight excluding hydrogens is 399 g/mol. The van der Waals surface area contributed by atoms with Gasteiger partial charge in [0.2, 0.25) is 0 Å². The van der Waals surface area contributed by atoms with Gasteiger partial charge >= 0.3 is 11.8 Å². The van der Waals surface area contributed by atoms with E-state index in [0.29, 0.717) is 11.4 Å². The number of halogens is 1. The van der Waals surface area contributed by atoms with Crippen LogP contribution in [0.5, 0.6) is 5.75 Å². The number of anilines is 1. The average Bonchev–Trinajstić information content (AvgIpc) is 3.02. The molecular formula is C23H23FN4O3. The van der Waals surface area contributed by atoms with Crippen LogP contribution in [0.4, 0.5) is 10.1 Å². The third-order valence-corrected chi connectivity index (χ3v) is 4.73. The van der Waals surface area contributed by atoms with Crippen molar-refractivity contribution in [2.75, 3.05) is 12.4 Å². The maximum Gasteiger partial charge on any atom is 0.329 e. The number of nitrogens with one attached hydrogen (secondary N) is 2. The van der Waals surface area contributed by atoms with Crippen LogP contribution < -0.4 is 15.5 Å². The summed E-state index contributed by atoms with van der Waals surface area (Å²) in [6, 6.07) is 13.3. The van der Waals surface area contributed by atoms with Crippen molar-refractivity contribution < 1.29 is 18.7 Å². The molecule has 2 N–H and O–H groups in total. The Morgan fingerprint density at radius 3 is 2.42 bits per heavy atom. The fourth-order valence-electron chi connectivity index (χ4n) is 3.22. The smallest absolute Gasteiger partial charge is 0.329 e. The van der Waals surface area contributed by atoms with E-state index in [-0.39, 0.29) is 5.82 Å². The van der Waals surface area contributed by atoms with Gasteiger partial charge in [-0.25, -0.2) is 9.82 Å². The van der Waals surface area contributed by atoms with Gasteiger partial charge in [0.25, 0.3) is 0 Å². The summed E-state index contributed by atoms with van der Waals surface area (Å²) in [5.74, 6) is -1.63. The summed E-state index contributed by atoms with van der Waals surface area (Å²) in [4.78, 5) is 24.3. The summed E-state index contributed by atoms with van der Waals surface area (Å²) in [5.41, 5.74) is 6.87.